The molecule has 90 valence electrons. The zero-order valence-corrected chi connectivity index (χ0v) is 10.5. The van der Waals surface area contributed by atoms with Gasteiger partial charge in [-0.1, -0.05) is 6.92 Å². The van der Waals surface area contributed by atoms with Gasteiger partial charge in [0.2, 0.25) is 0 Å². The Bertz CT molecular complexity index is 164. The Morgan fingerprint density at radius 2 is 2.20 bits per heavy atom. The van der Waals surface area contributed by atoms with E-state index in [2.05, 4.69) is 31.0 Å². The summed E-state index contributed by atoms with van der Waals surface area (Å²) in [6, 6.07) is 1.36. The maximum absolute atomic E-state index is 5.38. The van der Waals surface area contributed by atoms with Crippen molar-refractivity contribution >= 4 is 0 Å². The summed E-state index contributed by atoms with van der Waals surface area (Å²) in [5.41, 5.74) is 0. The van der Waals surface area contributed by atoms with Crippen molar-refractivity contribution in [3.8, 4) is 0 Å². The minimum atomic E-state index is 0.639. The third-order valence-corrected chi connectivity index (χ3v) is 3.14. The molecule has 0 aromatic rings. The van der Waals surface area contributed by atoms with Crippen molar-refractivity contribution in [2.24, 2.45) is 0 Å². The van der Waals surface area contributed by atoms with Gasteiger partial charge in [0.25, 0.3) is 0 Å². The van der Waals surface area contributed by atoms with Gasteiger partial charge in [-0.05, 0) is 26.7 Å². The summed E-state index contributed by atoms with van der Waals surface area (Å²) in [5.74, 6) is 0. The van der Waals surface area contributed by atoms with Gasteiger partial charge in [0.15, 0.2) is 0 Å². The molecular weight excluding hydrogens is 188 g/mol. The average Bonchev–Trinajstić information content (AvgIpc) is 2.25. The topological polar surface area (TPSA) is 24.5 Å². The number of rotatable bonds is 6. The smallest absolute Gasteiger partial charge is 0.0478 e. The lowest BCUT2D eigenvalue weighted by molar-refractivity contribution is 0.0982. The first-order valence-corrected chi connectivity index (χ1v) is 6.33. The second-order valence-corrected chi connectivity index (χ2v) is 4.42. The highest BCUT2D eigenvalue weighted by Gasteiger charge is 2.23. The summed E-state index contributed by atoms with van der Waals surface area (Å²) >= 11 is 0. The van der Waals surface area contributed by atoms with Gasteiger partial charge >= 0.3 is 0 Å². The van der Waals surface area contributed by atoms with Gasteiger partial charge in [-0.25, -0.2) is 0 Å². The molecule has 3 nitrogen and oxygen atoms in total. The van der Waals surface area contributed by atoms with Crippen LogP contribution in [0.3, 0.4) is 0 Å². The van der Waals surface area contributed by atoms with Gasteiger partial charge in [0.05, 0.1) is 0 Å². The van der Waals surface area contributed by atoms with Crippen LogP contribution in [0.15, 0.2) is 0 Å². The Morgan fingerprint density at radius 3 is 2.87 bits per heavy atom. The average molecular weight is 214 g/mol. The Morgan fingerprint density at radius 1 is 1.40 bits per heavy atom. The second-order valence-electron chi connectivity index (χ2n) is 4.42. The molecule has 2 unspecified atom stereocenters. The molecule has 1 fully saturated rings. The van der Waals surface area contributed by atoms with Crippen LogP contribution in [-0.4, -0.2) is 49.8 Å². The number of nitrogens with one attached hydrogen (secondary N) is 1. The zero-order valence-electron chi connectivity index (χ0n) is 10.5. The van der Waals surface area contributed by atoms with E-state index in [1.165, 1.54) is 19.5 Å². The molecule has 15 heavy (non-hydrogen) atoms. The molecule has 1 rings (SSSR count). The van der Waals surface area contributed by atoms with E-state index < -0.39 is 0 Å². The van der Waals surface area contributed by atoms with E-state index >= 15 is 0 Å². The summed E-state index contributed by atoms with van der Waals surface area (Å²) in [7, 11) is 0. The first kappa shape index (κ1) is 12.9. The van der Waals surface area contributed by atoms with E-state index in [-0.39, 0.29) is 0 Å². The standard InChI is InChI=1S/C12H26N2O/c1-4-12-9-13-11(3)10-14(12)7-6-8-15-5-2/h11-13H,4-10H2,1-3H3. The monoisotopic (exact) mass is 214 g/mol. The van der Waals surface area contributed by atoms with E-state index in [9.17, 15) is 0 Å². The number of hydrogen-bond acceptors (Lipinski definition) is 3. The molecule has 0 aromatic heterocycles. The highest BCUT2D eigenvalue weighted by atomic mass is 16.5. The molecule has 0 radical (unpaired) electrons. The molecule has 0 aromatic carbocycles. The van der Waals surface area contributed by atoms with Crippen LogP contribution in [0.2, 0.25) is 0 Å². The summed E-state index contributed by atoms with van der Waals surface area (Å²) in [6.07, 6.45) is 2.41. The van der Waals surface area contributed by atoms with Crippen molar-refractivity contribution in [3.05, 3.63) is 0 Å². The zero-order chi connectivity index (χ0) is 11.1. The van der Waals surface area contributed by atoms with Crippen molar-refractivity contribution in [2.45, 2.75) is 45.7 Å². The lowest BCUT2D eigenvalue weighted by Crippen LogP contribution is -2.55. The highest BCUT2D eigenvalue weighted by molar-refractivity contribution is 4.82. The van der Waals surface area contributed by atoms with E-state index in [0.29, 0.717) is 6.04 Å². The SMILES string of the molecule is CCOCCCN1CC(C)NCC1CC. The van der Waals surface area contributed by atoms with Gasteiger partial charge in [-0.2, -0.15) is 0 Å². The maximum Gasteiger partial charge on any atom is 0.0478 e. The molecule has 3 heteroatoms. The second kappa shape index (κ2) is 7.20. The number of piperazine rings is 1. The third-order valence-electron chi connectivity index (χ3n) is 3.14. The van der Waals surface area contributed by atoms with Crippen LogP contribution in [0, 0.1) is 0 Å². The molecule has 1 heterocycles. The molecular formula is C12H26N2O. The minimum absolute atomic E-state index is 0.639. The first-order chi connectivity index (χ1) is 7.27. The Balaban J connectivity index is 2.22. The Kier molecular flexibility index (Phi) is 6.22. The number of hydrogen-bond donors (Lipinski definition) is 1. The van der Waals surface area contributed by atoms with Crippen LogP contribution >= 0.6 is 0 Å². The highest BCUT2D eigenvalue weighted by Crippen LogP contribution is 2.10. The molecule has 1 aliphatic rings. The lowest BCUT2D eigenvalue weighted by Gasteiger charge is -2.39. The lowest BCUT2D eigenvalue weighted by atomic mass is 10.1. The molecule has 0 bridgehead atoms. The van der Waals surface area contributed by atoms with Crippen molar-refractivity contribution < 1.29 is 4.74 Å². The van der Waals surface area contributed by atoms with Crippen molar-refractivity contribution in [1.82, 2.24) is 10.2 Å². The molecule has 2 atom stereocenters. The third kappa shape index (κ3) is 4.49. The van der Waals surface area contributed by atoms with Gasteiger partial charge in [-0.3, -0.25) is 4.90 Å². The van der Waals surface area contributed by atoms with Crippen LogP contribution in [0.1, 0.15) is 33.6 Å². The van der Waals surface area contributed by atoms with Crippen LogP contribution in [0.25, 0.3) is 0 Å². The molecule has 1 aliphatic heterocycles. The van der Waals surface area contributed by atoms with Crippen molar-refractivity contribution in [2.75, 3.05) is 32.8 Å². The maximum atomic E-state index is 5.38. The fourth-order valence-corrected chi connectivity index (χ4v) is 2.22. The summed E-state index contributed by atoms with van der Waals surface area (Å²) in [5, 5.41) is 3.54. The summed E-state index contributed by atoms with van der Waals surface area (Å²) < 4.78 is 5.38. The fourth-order valence-electron chi connectivity index (χ4n) is 2.22. The van der Waals surface area contributed by atoms with E-state index in [0.717, 1.165) is 32.2 Å². The normalized spacial score (nSPS) is 28.2. The quantitative estimate of drug-likeness (QED) is 0.678. The van der Waals surface area contributed by atoms with Crippen LogP contribution in [-0.2, 0) is 4.74 Å². The molecule has 0 spiro atoms. The van der Waals surface area contributed by atoms with Gasteiger partial charge in [0, 0.05) is 44.9 Å². The molecule has 0 saturated carbocycles. The van der Waals surface area contributed by atoms with Gasteiger partial charge < -0.3 is 10.1 Å². The van der Waals surface area contributed by atoms with Crippen molar-refractivity contribution in [1.29, 1.82) is 0 Å². The van der Waals surface area contributed by atoms with Gasteiger partial charge in [0.1, 0.15) is 0 Å². The minimum Gasteiger partial charge on any atom is -0.382 e. The summed E-state index contributed by atoms with van der Waals surface area (Å²) in [6.45, 7) is 11.9. The predicted octanol–water partition coefficient (Wildman–Crippen LogP) is 1.49. The molecule has 1 N–H and O–H groups in total. The number of ether oxygens (including phenoxy) is 1. The van der Waals surface area contributed by atoms with Crippen LogP contribution in [0.4, 0.5) is 0 Å². The fraction of sp³-hybridized carbons (Fsp3) is 1.00. The molecule has 0 aliphatic carbocycles. The largest absolute Gasteiger partial charge is 0.382 e. The van der Waals surface area contributed by atoms with Crippen LogP contribution < -0.4 is 5.32 Å². The van der Waals surface area contributed by atoms with Crippen molar-refractivity contribution in [3.63, 3.8) is 0 Å². The first-order valence-electron chi connectivity index (χ1n) is 6.33. The molecule has 0 amide bonds. The van der Waals surface area contributed by atoms with Crippen LogP contribution in [0.5, 0.6) is 0 Å². The van der Waals surface area contributed by atoms with E-state index in [1.54, 1.807) is 0 Å². The number of nitrogens with zero attached hydrogens (tertiary/aromatic N) is 1. The molecule has 1 saturated heterocycles. The Labute approximate surface area is 94.2 Å². The van der Waals surface area contributed by atoms with E-state index in [1.807, 2.05) is 0 Å². The van der Waals surface area contributed by atoms with E-state index in [4.69, 9.17) is 4.74 Å². The summed E-state index contributed by atoms with van der Waals surface area (Å²) in [4.78, 5) is 2.61. The predicted molar refractivity (Wildman–Crippen MR) is 64.2 cm³/mol. The Hall–Kier alpha value is -0.120. The van der Waals surface area contributed by atoms with Gasteiger partial charge in [-0.15, -0.1) is 0 Å².